The van der Waals surface area contributed by atoms with E-state index < -0.39 is 36.2 Å². The fraction of sp³-hybridized carbons (Fsp3) is 0.405. The van der Waals surface area contributed by atoms with Crippen molar-refractivity contribution in [2.75, 3.05) is 11.5 Å². The van der Waals surface area contributed by atoms with Gasteiger partial charge in [-0.1, -0.05) is 93.6 Å². The number of nitrogens with zero attached hydrogens (tertiary/aromatic N) is 3. The van der Waals surface area contributed by atoms with E-state index in [9.17, 15) is 24.3 Å². The first-order valence-corrected chi connectivity index (χ1v) is 16.0. The van der Waals surface area contributed by atoms with Gasteiger partial charge in [-0.3, -0.25) is 14.5 Å². The summed E-state index contributed by atoms with van der Waals surface area (Å²) in [5.74, 6) is -1.81. The van der Waals surface area contributed by atoms with Gasteiger partial charge in [0.2, 0.25) is 11.8 Å². The number of hydrogen-bond acceptors (Lipinski definition) is 5. The Balaban J connectivity index is 1.34. The maximum absolute atomic E-state index is 14.8. The van der Waals surface area contributed by atoms with Crippen LogP contribution >= 0.6 is 0 Å². The molecule has 1 saturated heterocycles. The van der Waals surface area contributed by atoms with E-state index in [4.69, 9.17) is 4.74 Å². The zero-order chi connectivity index (χ0) is 32.6. The molecule has 9 nitrogen and oxygen atoms in total. The first kappa shape index (κ1) is 31.3. The van der Waals surface area contributed by atoms with Gasteiger partial charge in [0, 0.05) is 19.4 Å². The van der Waals surface area contributed by atoms with Crippen LogP contribution in [0.3, 0.4) is 0 Å². The molecule has 1 fully saturated rings. The van der Waals surface area contributed by atoms with Crippen LogP contribution in [0, 0.1) is 5.41 Å². The Hall–Kier alpha value is -4.66. The molecule has 0 aliphatic carbocycles. The number of carboxylic acids is 1. The number of likely N-dealkylation sites (tertiary alicyclic amines) is 1. The minimum absolute atomic E-state index is 0.0345. The number of hydrogen-bond donors (Lipinski definition) is 1. The molecule has 0 bridgehead atoms. The maximum atomic E-state index is 14.8. The highest BCUT2D eigenvalue weighted by molar-refractivity contribution is 6.02. The summed E-state index contributed by atoms with van der Waals surface area (Å²) in [5, 5.41) is 10.2. The predicted molar refractivity (Wildman–Crippen MR) is 173 cm³/mol. The Morgan fingerprint density at radius 2 is 1.39 bits per heavy atom. The van der Waals surface area contributed by atoms with Crippen molar-refractivity contribution < 1.29 is 29.0 Å². The molecular formula is C37H41N3O6. The van der Waals surface area contributed by atoms with Crippen molar-refractivity contribution in [3.05, 3.63) is 101 Å². The number of carboxylic acid groups (broad SMARTS) is 1. The normalized spacial score (nSPS) is 22.3. The first-order valence-electron chi connectivity index (χ1n) is 16.0. The van der Waals surface area contributed by atoms with E-state index in [0.29, 0.717) is 24.9 Å². The summed E-state index contributed by atoms with van der Waals surface area (Å²) in [5.41, 5.74) is 4.14. The molecular weight excluding hydrogens is 582 g/mol. The highest BCUT2D eigenvalue weighted by atomic mass is 16.6. The molecule has 0 saturated carbocycles. The smallest absolute Gasteiger partial charge is 0.415 e. The molecule has 0 spiro atoms. The molecule has 6 rings (SSSR count). The number of fused-ring (bicyclic) bond motifs is 2. The lowest BCUT2D eigenvalue weighted by Gasteiger charge is -2.40. The molecule has 3 aromatic carbocycles. The van der Waals surface area contributed by atoms with Gasteiger partial charge in [0.25, 0.3) is 0 Å². The van der Waals surface area contributed by atoms with Crippen LogP contribution in [0.4, 0.5) is 10.5 Å². The summed E-state index contributed by atoms with van der Waals surface area (Å²) in [6, 6.07) is 21.3. The fourth-order valence-electron chi connectivity index (χ4n) is 7.03. The number of aliphatic carboxylic acids is 1. The van der Waals surface area contributed by atoms with Gasteiger partial charge in [-0.15, -0.1) is 0 Å². The van der Waals surface area contributed by atoms with E-state index in [1.54, 1.807) is 4.90 Å². The Bertz CT molecular complexity index is 1630. The average molecular weight is 624 g/mol. The Kier molecular flexibility index (Phi) is 8.59. The molecule has 9 heteroatoms. The van der Waals surface area contributed by atoms with E-state index in [1.807, 2.05) is 78.9 Å². The van der Waals surface area contributed by atoms with Crippen molar-refractivity contribution in [2.45, 2.75) is 83.6 Å². The molecule has 0 radical (unpaired) electrons. The molecule has 3 aliphatic heterocycles. The Morgan fingerprint density at radius 1 is 0.761 bits per heavy atom. The predicted octanol–water partition coefficient (Wildman–Crippen LogP) is 5.76. The van der Waals surface area contributed by atoms with Crippen LogP contribution in [0.1, 0.15) is 68.3 Å². The largest absolute Gasteiger partial charge is 0.480 e. The molecule has 1 N–H and O–H groups in total. The van der Waals surface area contributed by atoms with Gasteiger partial charge in [-0.2, -0.15) is 0 Å². The minimum atomic E-state index is -1.08. The van der Waals surface area contributed by atoms with Crippen LogP contribution in [0.5, 0.6) is 0 Å². The highest BCUT2D eigenvalue weighted by Gasteiger charge is 2.50. The van der Waals surface area contributed by atoms with E-state index in [2.05, 4.69) is 20.8 Å². The second-order valence-corrected chi connectivity index (χ2v) is 13.7. The zero-order valence-corrected chi connectivity index (χ0v) is 26.6. The second-order valence-electron chi connectivity index (χ2n) is 13.7. The van der Waals surface area contributed by atoms with E-state index in [0.717, 1.165) is 22.3 Å². The van der Waals surface area contributed by atoms with Gasteiger partial charge >= 0.3 is 12.1 Å². The lowest BCUT2D eigenvalue weighted by atomic mass is 9.93. The Morgan fingerprint density at radius 3 is 2.09 bits per heavy atom. The van der Waals surface area contributed by atoms with Crippen LogP contribution in [-0.4, -0.2) is 63.5 Å². The molecule has 46 heavy (non-hydrogen) atoms. The number of ether oxygens (including phenoxy) is 1. The minimum Gasteiger partial charge on any atom is -0.480 e. The second kappa shape index (κ2) is 12.6. The van der Waals surface area contributed by atoms with Gasteiger partial charge in [0.05, 0.1) is 18.3 Å². The molecule has 3 aliphatic rings. The van der Waals surface area contributed by atoms with Gasteiger partial charge in [-0.05, 0) is 53.0 Å². The number of benzene rings is 3. The lowest BCUT2D eigenvalue weighted by molar-refractivity contribution is -0.155. The van der Waals surface area contributed by atoms with Crippen LogP contribution in [0.2, 0.25) is 0 Å². The van der Waals surface area contributed by atoms with Crippen molar-refractivity contribution >= 4 is 29.6 Å². The third-order valence-electron chi connectivity index (χ3n) is 9.46. The summed E-state index contributed by atoms with van der Waals surface area (Å²) in [6.07, 6.45) is 1.47. The van der Waals surface area contributed by atoms with Crippen LogP contribution < -0.4 is 4.90 Å². The van der Waals surface area contributed by atoms with Crippen molar-refractivity contribution in [3.8, 4) is 0 Å². The van der Waals surface area contributed by atoms with Crippen LogP contribution in [-0.2, 0) is 38.5 Å². The zero-order valence-electron chi connectivity index (χ0n) is 26.6. The number of rotatable bonds is 6. The molecule has 0 unspecified atom stereocenters. The third kappa shape index (κ3) is 6.10. The lowest BCUT2D eigenvalue weighted by Crippen LogP contribution is -2.58. The van der Waals surface area contributed by atoms with Gasteiger partial charge in [0.1, 0.15) is 18.1 Å². The monoisotopic (exact) mass is 623 g/mol. The van der Waals surface area contributed by atoms with Gasteiger partial charge in [0.15, 0.2) is 0 Å². The molecule has 3 amide bonds. The van der Waals surface area contributed by atoms with E-state index in [-0.39, 0.29) is 43.2 Å². The van der Waals surface area contributed by atoms with Crippen molar-refractivity contribution in [1.29, 1.82) is 0 Å². The van der Waals surface area contributed by atoms with Crippen LogP contribution in [0.25, 0.3) is 0 Å². The summed E-state index contributed by atoms with van der Waals surface area (Å²) in [4.78, 5) is 59.9. The Labute approximate surface area is 269 Å². The summed E-state index contributed by atoms with van der Waals surface area (Å²) in [6.45, 7) is 6.58. The number of carbonyl (C=O) groups excluding carboxylic acids is 3. The molecule has 240 valence electrons. The van der Waals surface area contributed by atoms with Crippen molar-refractivity contribution in [3.63, 3.8) is 0 Å². The van der Waals surface area contributed by atoms with E-state index in [1.165, 1.54) is 9.80 Å². The quantitative estimate of drug-likeness (QED) is 0.374. The highest BCUT2D eigenvalue weighted by Crippen LogP contribution is 2.41. The summed E-state index contributed by atoms with van der Waals surface area (Å²) >= 11 is 0. The maximum Gasteiger partial charge on any atom is 0.415 e. The first-order chi connectivity index (χ1) is 22.0. The molecule has 4 atom stereocenters. The van der Waals surface area contributed by atoms with Crippen LogP contribution in [0.15, 0.2) is 78.9 Å². The molecule has 3 heterocycles. The molecule has 0 aromatic heterocycles. The van der Waals surface area contributed by atoms with Crippen molar-refractivity contribution in [2.24, 2.45) is 5.41 Å². The third-order valence-corrected chi connectivity index (χ3v) is 9.46. The fourth-order valence-corrected chi connectivity index (χ4v) is 7.03. The number of carbonyl (C=O) groups is 4. The van der Waals surface area contributed by atoms with Crippen molar-refractivity contribution in [1.82, 2.24) is 9.80 Å². The number of anilines is 1. The van der Waals surface area contributed by atoms with Gasteiger partial charge < -0.3 is 19.6 Å². The average Bonchev–Trinajstić information content (AvgIpc) is 3.66. The topological polar surface area (TPSA) is 107 Å². The van der Waals surface area contributed by atoms with E-state index >= 15 is 0 Å². The number of amides is 3. The van der Waals surface area contributed by atoms with Gasteiger partial charge in [-0.25, -0.2) is 9.59 Å². The standard InChI is InChI=1S/C37H41N3O6/c1-37(2,3)19-20-46-36(45)40-28-16-10-9-14-26(28)22-31(40)34(42)39-29(24-11-5-4-6-12-24)17-18-30(39)33(41)38-23-27-15-8-7-13-25(27)21-32(38)35(43)44/h4-16,29-32H,17-23H2,1-3H3,(H,43,44)/t29-,30+,31+,32+/m0/s1. The summed E-state index contributed by atoms with van der Waals surface area (Å²) < 4.78 is 5.73. The molecule has 3 aromatic rings. The number of para-hydroxylation sites is 1. The SMILES string of the molecule is CC(C)(C)CCOC(=O)N1c2ccccc2C[C@@H]1C(=O)N1[C@@H](C(=O)N2Cc3ccccc3C[C@@H]2C(=O)O)CC[C@H]1c1ccccc1. The summed E-state index contributed by atoms with van der Waals surface area (Å²) in [7, 11) is 0.